The van der Waals surface area contributed by atoms with Gasteiger partial charge in [-0.25, -0.2) is 0 Å². The summed E-state index contributed by atoms with van der Waals surface area (Å²) in [5.74, 6) is 0. The van der Waals surface area contributed by atoms with Gasteiger partial charge in [-0.15, -0.1) is 0 Å². The van der Waals surface area contributed by atoms with Crippen molar-refractivity contribution in [2.24, 2.45) is 5.40 Å². The van der Waals surface area contributed by atoms with Crippen LogP contribution in [0.1, 0.15) is 27.2 Å². The second kappa shape index (κ2) is 8.65. The average molecular weight is 207 g/mol. The van der Waals surface area contributed by atoms with Gasteiger partial charge < -0.3 is 19.3 Å². The highest BCUT2D eigenvalue weighted by molar-refractivity contribution is 6.47. The van der Waals surface area contributed by atoms with Gasteiger partial charge in [0, 0.05) is 13.2 Å². The molecule has 0 aliphatic heterocycles. The molecular weight excluding hydrogens is 186 g/mol. The molecule has 0 heterocycles. The van der Waals surface area contributed by atoms with Crippen LogP contribution in [0.5, 0.6) is 0 Å². The van der Waals surface area contributed by atoms with Crippen LogP contribution < -0.4 is 5.40 Å². The molecule has 0 aliphatic rings. The minimum atomic E-state index is -1.57. The van der Waals surface area contributed by atoms with Crippen molar-refractivity contribution in [3.05, 3.63) is 0 Å². The Labute approximate surface area is 82.2 Å². The molecule has 1 atom stereocenters. The summed E-state index contributed by atoms with van der Waals surface area (Å²) < 4.78 is 15.9. The predicted octanol–water partition coefficient (Wildman–Crippen LogP) is 0.949. The lowest BCUT2D eigenvalue weighted by Gasteiger charge is -2.20. The lowest BCUT2D eigenvalue weighted by atomic mass is 10.6. The lowest BCUT2D eigenvalue weighted by Crippen LogP contribution is -2.36. The van der Waals surface area contributed by atoms with Crippen LogP contribution in [0.4, 0.5) is 0 Å². The zero-order chi connectivity index (χ0) is 10.1. The van der Waals surface area contributed by atoms with E-state index in [1.807, 2.05) is 13.8 Å². The minimum absolute atomic E-state index is 0.553. The van der Waals surface area contributed by atoms with Crippen LogP contribution in [0.2, 0.25) is 6.04 Å². The summed E-state index contributed by atoms with van der Waals surface area (Å²) in [5, 5.41) is 5.80. The second-order valence-corrected chi connectivity index (χ2v) is 4.59. The number of hydrogen-bond acceptors (Lipinski definition) is 4. The Hall–Kier alpha value is 0.0569. The van der Waals surface area contributed by atoms with Crippen LogP contribution in [0.3, 0.4) is 0 Å². The molecule has 2 N–H and O–H groups in total. The molecule has 13 heavy (non-hydrogen) atoms. The molecule has 0 aliphatic carbocycles. The van der Waals surface area contributed by atoms with E-state index in [2.05, 4.69) is 6.92 Å². The Kier molecular flexibility index (Phi) is 8.68. The van der Waals surface area contributed by atoms with Crippen LogP contribution >= 0.6 is 0 Å². The molecule has 0 fully saturated rings. The first-order valence-electron chi connectivity index (χ1n) is 4.88. The molecule has 0 spiro atoms. The van der Waals surface area contributed by atoms with E-state index in [1.165, 1.54) is 0 Å². The Bertz CT molecular complexity index is 110. The molecule has 0 aromatic heterocycles. The molecule has 4 nitrogen and oxygen atoms in total. The molecule has 0 saturated heterocycles. The molecule has 0 bridgehead atoms. The van der Waals surface area contributed by atoms with Crippen molar-refractivity contribution in [3.63, 3.8) is 0 Å². The Morgan fingerprint density at radius 2 is 1.69 bits per heavy atom. The number of ether oxygens (including phenoxy) is 2. The van der Waals surface area contributed by atoms with Crippen molar-refractivity contribution in [1.82, 2.24) is 0 Å². The van der Waals surface area contributed by atoms with E-state index in [9.17, 15) is 0 Å². The summed E-state index contributed by atoms with van der Waals surface area (Å²) in [4.78, 5) is 0. The maximum absolute atomic E-state index is 5.80. The summed E-state index contributed by atoms with van der Waals surface area (Å²) in [6, 6.07) is 0.955. The predicted molar refractivity (Wildman–Crippen MR) is 54.6 cm³/mol. The molecular formula is C8H21NO3Si. The van der Waals surface area contributed by atoms with Gasteiger partial charge in [-0.1, -0.05) is 13.3 Å². The van der Waals surface area contributed by atoms with Crippen molar-refractivity contribution < 1.29 is 13.9 Å². The Balaban J connectivity index is 3.64. The summed E-state index contributed by atoms with van der Waals surface area (Å²) >= 11 is 0. The number of nitrogens with two attached hydrogens (primary N) is 1. The summed E-state index contributed by atoms with van der Waals surface area (Å²) in [5.41, 5.74) is 0. The highest BCUT2D eigenvalue weighted by Crippen LogP contribution is 2.02. The molecule has 80 valence electrons. The lowest BCUT2D eigenvalue weighted by molar-refractivity contribution is -0.245. The van der Waals surface area contributed by atoms with E-state index in [4.69, 9.17) is 19.3 Å². The SMILES string of the molecule is CCC[SiH](N)OC(OCC)OCC. The Morgan fingerprint density at radius 1 is 1.15 bits per heavy atom. The molecule has 0 rings (SSSR count). The van der Waals surface area contributed by atoms with E-state index >= 15 is 0 Å². The van der Waals surface area contributed by atoms with Gasteiger partial charge >= 0.3 is 0 Å². The highest BCUT2D eigenvalue weighted by atomic mass is 28.3. The third-order valence-corrected chi connectivity index (χ3v) is 3.18. The molecule has 0 aromatic carbocycles. The maximum atomic E-state index is 5.80. The van der Waals surface area contributed by atoms with E-state index in [0.717, 1.165) is 12.5 Å². The van der Waals surface area contributed by atoms with Gasteiger partial charge in [0.1, 0.15) is 0 Å². The fraction of sp³-hybridized carbons (Fsp3) is 1.00. The fourth-order valence-corrected chi connectivity index (χ4v) is 2.04. The standard InChI is InChI=1S/C8H21NO3Si/c1-4-7-13(9)12-8(10-5-2)11-6-3/h8,13H,4-7,9H2,1-3H3. The zero-order valence-corrected chi connectivity index (χ0v) is 9.94. The quantitative estimate of drug-likeness (QED) is 0.475. The van der Waals surface area contributed by atoms with Gasteiger partial charge in [0.25, 0.3) is 15.7 Å². The van der Waals surface area contributed by atoms with Gasteiger partial charge in [0.05, 0.1) is 0 Å². The zero-order valence-electron chi connectivity index (χ0n) is 8.79. The highest BCUT2D eigenvalue weighted by Gasteiger charge is 2.13. The van der Waals surface area contributed by atoms with Gasteiger partial charge in [-0.3, -0.25) is 0 Å². The molecule has 0 saturated carbocycles. The topological polar surface area (TPSA) is 53.7 Å². The van der Waals surface area contributed by atoms with Crippen LogP contribution in [0.15, 0.2) is 0 Å². The van der Waals surface area contributed by atoms with E-state index in [0.29, 0.717) is 13.2 Å². The second-order valence-electron chi connectivity index (χ2n) is 2.66. The number of hydrogen-bond donors (Lipinski definition) is 1. The smallest absolute Gasteiger partial charge is 0.262 e. The van der Waals surface area contributed by atoms with Crippen molar-refractivity contribution in [2.45, 2.75) is 39.7 Å². The molecule has 0 aromatic rings. The third kappa shape index (κ3) is 7.15. The normalized spacial score (nSPS) is 13.6. The average Bonchev–Trinajstić information content (AvgIpc) is 2.05. The molecule has 0 radical (unpaired) electrons. The molecule has 5 heteroatoms. The van der Waals surface area contributed by atoms with Gasteiger partial charge in [-0.2, -0.15) is 0 Å². The summed E-state index contributed by atoms with van der Waals surface area (Å²) in [6.07, 6.45) is 1.05. The van der Waals surface area contributed by atoms with Gasteiger partial charge in [-0.05, 0) is 19.9 Å². The molecule has 1 unspecified atom stereocenters. The van der Waals surface area contributed by atoms with Crippen LogP contribution in [0.25, 0.3) is 0 Å². The minimum Gasteiger partial charge on any atom is -0.360 e. The Morgan fingerprint density at radius 3 is 2.08 bits per heavy atom. The van der Waals surface area contributed by atoms with Crippen molar-refractivity contribution in [3.8, 4) is 0 Å². The van der Waals surface area contributed by atoms with E-state index in [1.54, 1.807) is 0 Å². The van der Waals surface area contributed by atoms with Crippen molar-refractivity contribution in [1.29, 1.82) is 0 Å². The van der Waals surface area contributed by atoms with Crippen molar-refractivity contribution >= 4 is 9.20 Å². The van der Waals surface area contributed by atoms with Crippen LogP contribution in [-0.2, 0) is 13.9 Å². The van der Waals surface area contributed by atoms with Crippen molar-refractivity contribution in [2.75, 3.05) is 13.2 Å². The first-order chi connectivity index (χ1) is 6.24. The summed E-state index contributed by atoms with van der Waals surface area (Å²) in [6.45, 7) is 6.51. The fourth-order valence-electron chi connectivity index (χ4n) is 0.894. The van der Waals surface area contributed by atoms with Gasteiger partial charge in [0.2, 0.25) is 0 Å². The molecule has 0 amide bonds. The summed E-state index contributed by atoms with van der Waals surface area (Å²) in [7, 11) is -1.57. The monoisotopic (exact) mass is 207 g/mol. The third-order valence-electron chi connectivity index (χ3n) is 1.46. The first-order valence-corrected chi connectivity index (χ1v) is 6.84. The first kappa shape index (κ1) is 13.1. The van der Waals surface area contributed by atoms with Crippen LogP contribution in [0, 0.1) is 0 Å². The number of rotatable bonds is 8. The van der Waals surface area contributed by atoms with Crippen LogP contribution in [-0.4, -0.2) is 28.9 Å². The van der Waals surface area contributed by atoms with E-state index < -0.39 is 15.7 Å². The van der Waals surface area contributed by atoms with E-state index in [-0.39, 0.29) is 0 Å². The van der Waals surface area contributed by atoms with Gasteiger partial charge in [0.15, 0.2) is 0 Å². The largest absolute Gasteiger partial charge is 0.360 e. The maximum Gasteiger partial charge on any atom is 0.262 e.